The van der Waals surface area contributed by atoms with Crippen molar-refractivity contribution in [2.75, 3.05) is 13.2 Å². The molecule has 0 radical (unpaired) electrons. The van der Waals surface area contributed by atoms with E-state index in [0.717, 1.165) is 10.4 Å². The first-order valence-corrected chi connectivity index (χ1v) is 9.32. The van der Waals surface area contributed by atoms with Crippen LogP contribution >= 0.6 is 22.9 Å². The zero-order chi connectivity index (χ0) is 18.8. The topological polar surface area (TPSA) is 77.2 Å². The number of aliphatic hydroxyl groups excluding tert-OH is 1. The van der Waals surface area contributed by atoms with Gasteiger partial charge in [-0.3, -0.25) is 9.36 Å². The van der Waals surface area contributed by atoms with E-state index in [1.807, 2.05) is 30.3 Å². The number of ether oxygens (including phenoxy) is 1. The second kappa shape index (κ2) is 7.48. The van der Waals surface area contributed by atoms with Crippen molar-refractivity contribution in [2.24, 2.45) is 0 Å². The third-order valence-corrected chi connectivity index (χ3v) is 5.32. The Morgan fingerprint density at radius 2 is 1.96 bits per heavy atom. The van der Waals surface area contributed by atoms with E-state index in [1.54, 1.807) is 12.1 Å². The standard InChI is InChI=1S/C19H14ClN3O3S/c20-13-3-1-12(2-4-13)16-9-15-18(27-16)19(25)23(11-22-15)14-5-6-17(21-10-14)26-8-7-24/h1-6,9-11,24H,7-8H2. The molecule has 3 heterocycles. The second-order valence-electron chi connectivity index (χ2n) is 5.68. The van der Waals surface area contributed by atoms with Crippen LogP contribution in [-0.4, -0.2) is 32.9 Å². The van der Waals surface area contributed by atoms with E-state index in [2.05, 4.69) is 9.97 Å². The van der Waals surface area contributed by atoms with Crippen LogP contribution in [-0.2, 0) is 0 Å². The first kappa shape index (κ1) is 17.7. The van der Waals surface area contributed by atoms with Gasteiger partial charge in [0, 0.05) is 16.0 Å². The van der Waals surface area contributed by atoms with Gasteiger partial charge in [0.05, 0.1) is 24.0 Å². The van der Waals surface area contributed by atoms with E-state index in [-0.39, 0.29) is 18.8 Å². The second-order valence-corrected chi connectivity index (χ2v) is 7.17. The Kier molecular flexibility index (Phi) is 4.89. The van der Waals surface area contributed by atoms with Gasteiger partial charge in [-0.25, -0.2) is 9.97 Å². The summed E-state index contributed by atoms with van der Waals surface area (Å²) in [6, 6.07) is 12.7. The number of thiophene rings is 1. The quantitative estimate of drug-likeness (QED) is 0.555. The fourth-order valence-electron chi connectivity index (χ4n) is 2.60. The van der Waals surface area contributed by atoms with Crippen LogP contribution in [0.4, 0.5) is 0 Å². The van der Waals surface area contributed by atoms with Gasteiger partial charge in [-0.05, 0) is 29.8 Å². The molecule has 0 spiro atoms. The number of nitrogens with zero attached hydrogens (tertiary/aromatic N) is 3. The summed E-state index contributed by atoms with van der Waals surface area (Å²) in [4.78, 5) is 22.4. The molecule has 6 nitrogen and oxygen atoms in total. The number of pyridine rings is 1. The van der Waals surface area contributed by atoms with Crippen molar-refractivity contribution in [3.05, 3.63) is 70.4 Å². The molecule has 27 heavy (non-hydrogen) atoms. The lowest BCUT2D eigenvalue weighted by Crippen LogP contribution is -2.17. The highest BCUT2D eigenvalue weighted by atomic mass is 35.5. The molecular weight excluding hydrogens is 386 g/mol. The molecule has 1 N–H and O–H groups in total. The molecule has 0 aliphatic carbocycles. The van der Waals surface area contributed by atoms with Crippen LogP contribution < -0.4 is 10.3 Å². The van der Waals surface area contributed by atoms with Crippen molar-refractivity contribution in [1.82, 2.24) is 14.5 Å². The molecule has 8 heteroatoms. The molecule has 0 bridgehead atoms. The van der Waals surface area contributed by atoms with Crippen molar-refractivity contribution in [3.8, 4) is 22.0 Å². The maximum Gasteiger partial charge on any atom is 0.275 e. The van der Waals surface area contributed by atoms with E-state index >= 15 is 0 Å². The number of aliphatic hydroxyl groups is 1. The summed E-state index contributed by atoms with van der Waals surface area (Å²) in [6.45, 7) is 0.0836. The number of halogens is 1. The summed E-state index contributed by atoms with van der Waals surface area (Å²) < 4.78 is 7.26. The van der Waals surface area contributed by atoms with E-state index < -0.39 is 0 Å². The lowest BCUT2D eigenvalue weighted by Gasteiger charge is -2.06. The van der Waals surface area contributed by atoms with Gasteiger partial charge in [0.2, 0.25) is 5.88 Å². The number of aromatic nitrogens is 3. The molecule has 0 saturated heterocycles. The summed E-state index contributed by atoms with van der Waals surface area (Å²) in [7, 11) is 0. The Morgan fingerprint density at radius 3 is 2.67 bits per heavy atom. The van der Waals surface area contributed by atoms with E-state index in [9.17, 15) is 4.79 Å². The van der Waals surface area contributed by atoms with Gasteiger partial charge in [-0.15, -0.1) is 11.3 Å². The van der Waals surface area contributed by atoms with Gasteiger partial charge in [0.15, 0.2) is 0 Å². The summed E-state index contributed by atoms with van der Waals surface area (Å²) in [5.41, 5.74) is 2.07. The van der Waals surface area contributed by atoms with Gasteiger partial charge in [-0.1, -0.05) is 23.7 Å². The van der Waals surface area contributed by atoms with Gasteiger partial charge in [0.1, 0.15) is 17.6 Å². The molecule has 1 aromatic carbocycles. The van der Waals surface area contributed by atoms with Crippen LogP contribution in [0.3, 0.4) is 0 Å². The summed E-state index contributed by atoms with van der Waals surface area (Å²) >= 11 is 7.34. The first-order chi connectivity index (χ1) is 13.2. The van der Waals surface area contributed by atoms with Crippen molar-refractivity contribution >= 4 is 33.2 Å². The Bertz CT molecular complexity index is 1140. The monoisotopic (exact) mass is 399 g/mol. The van der Waals surface area contributed by atoms with Crippen LogP contribution in [0.5, 0.6) is 5.88 Å². The Morgan fingerprint density at radius 1 is 1.15 bits per heavy atom. The van der Waals surface area contributed by atoms with Crippen LogP contribution in [0.1, 0.15) is 0 Å². The molecule has 3 aromatic heterocycles. The Labute approximate surface area is 163 Å². The molecule has 0 unspecified atom stereocenters. The van der Waals surface area contributed by atoms with E-state index in [0.29, 0.717) is 26.8 Å². The zero-order valence-electron chi connectivity index (χ0n) is 14.0. The number of hydrogen-bond donors (Lipinski definition) is 1. The van der Waals surface area contributed by atoms with Gasteiger partial charge in [-0.2, -0.15) is 0 Å². The van der Waals surface area contributed by atoms with E-state index in [1.165, 1.54) is 28.4 Å². The lowest BCUT2D eigenvalue weighted by atomic mass is 10.2. The highest BCUT2D eigenvalue weighted by molar-refractivity contribution is 7.22. The molecule has 4 aromatic rings. The lowest BCUT2D eigenvalue weighted by molar-refractivity contribution is 0.196. The largest absolute Gasteiger partial charge is 0.475 e. The first-order valence-electron chi connectivity index (χ1n) is 8.13. The average molecular weight is 400 g/mol. The molecular formula is C19H14ClN3O3S. The van der Waals surface area contributed by atoms with Gasteiger partial charge >= 0.3 is 0 Å². The predicted octanol–water partition coefficient (Wildman–Crippen LogP) is 3.53. The molecule has 0 saturated carbocycles. The smallest absolute Gasteiger partial charge is 0.275 e. The minimum absolute atomic E-state index is 0.0855. The zero-order valence-corrected chi connectivity index (χ0v) is 15.6. The molecule has 0 atom stereocenters. The fraction of sp³-hybridized carbons (Fsp3) is 0.105. The summed E-state index contributed by atoms with van der Waals surface area (Å²) in [5.74, 6) is 0.385. The van der Waals surface area contributed by atoms with Crippen LogP contribution in [0.2, 0.25) is 5.02 Å². The normalized spacial score (nSPS) is 11.0. The van der Waals surface area contributed by atoms with Crippen LogP contribution in [0, 0.1) is 0 Å². The highest BCUT2D eigenvalue weighted by Crippen LogP contribution is 2.31. The molecule has 0 fully saturated rings. The highest BCUT2D eigenvalue weighted by Gasteiger charge is 2.12. The number of benzene rings is 1. The predicted molar refractivity (Wildman–Crippen MR) is 106 cm³/mol. The summed E-state index contributed by atoms with van der Waals surface area (Å²) in [6.07, 6.45) is 3.03. The fourth-order valence-corrected chi connectivity index (χ4v) is 3.78. The molecule has 0 amide bonds. The molecule has 0 aliphatic rings. The van der Waals surface area contributed by atoms with Crippen LogP contribution in [0.25, 0.3) is 26.3 Å². The SMILES string of the molecule is O=c1c2sc(-c3ccc(Cl)cc3)cc2ncn1-c1ccc(OCCO)nc1. The molecule has 136 valence electrons. The third kappa shape index (κ3) is 3.57. The Hall–Kier alpha value is -2.74. The minimum Gasteiger partial charge on any atom is -0.475 e. The number of rotatable bonds is 5. The van der Waals surface area contributed by atoms with Crippen molar-refractivity contribution in [1.29, 1.82) is 0 Å². The maximum absolute atomic E-state index is 12.9. The van der Waals surface area contributed by atoms with E-state index in [4.69, 9.17) is 21.4 Å². The molecule has 0 aliphatic heterocycles. The third-order valence-electron chi connectivity index (χ3n) is 3.91. The summed E-state index contributed by atoms with van der Waals surface area (Å²) in [5, 5.41) is 9.45. The van der Waals surface area contributed by atoms with Gasteiger partial charge < -0.3 is 9.84 Å². The van der Waals surface area contributed by atoms with Gasteiger partial charge in [0.25, 0.3) is 5.56 Å². The van der Waals surface area contributed by atoms with Crippen molar-refractivity contribution in [2.45, 2.75) is 0 Å². The minimum atomic E-state index is -0.156. The average Bonchev–Trinajstić information content (AvgIpc) is 3.13. The van der Waals surface area contributed by atoms with Crippen LogP contribution in [0.15, 0.2) is 59.8 Å². The number of fused-ring (bicyclic) bond motifs is 1. The Balaban J connectivity index is 1.71. The maximum atomic E-state index is 12.9. The van der Waals surface area contributed by atoms with Crippen molar-refractivity contribution < 1.29 is 9.84 Å². The molecule has 4 rings (SSSR count). The van der Waals surface area contributed by atoms with Crippen molar-refractivity contribution in [3.63, 3.8) is 0 Å². The number of hydrogen-bond acceptors (Lipinski definition) is 6.